The molecule has 7 nitrogen and oxygen atoms in total. The number of anilines is 3. The summed E-state index contributed by atoms with van der Waals surface area (Å²) >= 11 is -0.342. The molecule has 2 aliphatic heterocycles. The number of nitrogens with one attached hydrogen (secondary N) is 4. The third-order valence-electron chi connectivity index (χ3n) is 5.77. The van der Waals surface area contributed by atoms with E-state index >= 15 is 0 Å². The van der Waals surface area contributed by atoms with Crippen molar-refractivity contribution in [3.63, 3.8) is 0 Å². The van der Waals surface area contributed by atoms with Gasteiger partial charge in [0.05, 0.1) is 0 Å². The van der Waals surface area contributed by atoms with E-state index in [2.05, 4.69) is 36.9 Å². The average molecular weight is 560 g/mol. The van der Waals surface area contributed by atoms with Gasteiger partial charge in [0, 0.05) is 0 Å². The number of aromatic amines is 1. The summed E-state index contributed by atoms with van der Waals surface area (Å²) in [6.07, 6.45) is 4.46. The summed E-state index contributed by atoms with van der Waals surface area (Å²) in [4.78, 5) is 21.0. The van der Waals surface area contributed by atoms with Gasteiger partial charge in [0.1, 0.15) is 0 Å². The Morgan fingerprint density at radius 2 is 2.15 bits per heavy atom. The van der Waals surface area contributed by atoms with Crippen LogP contribution in [0.1, 0.15) is 33.3 Å². The number of amides is 1. The number of alkyl halides is 1. The number of para-hydroxylation sites is 1. The fraction of sp³-hybridized carbons (Fsp3) is 0.250. The number of benzene rings is 1. The average Bonchev–Trinajstić information content (AvgIpc) is 3.18. The molecule has 172 valence electrons. The topological polar surface area (TPSA) is 91.1 Å². The Morgan fingerprint density at radius 1 is 1.27 bits per heavy atom. The van der Waals surface area contributed by atoms with Crippen molar-refractivity contribution >= 4 is 23.0 Å². The number of H-pyrrole nitrogens is 1. The predicted octanol–water partition coefficient (Wildman–Crippen LogP) is 1.56. The number of nitrogens with zero attached hydrogens (tertiary/aromatic N) is 1. The maximum atomic E-state index is 14.4. The van der Waals surface area contributed by atoms with Crippen LogP contribution in [0.5, 0.6) is 5.75 Å². The number of hydrogen-bond acceptors (Lipinski definition) is 5. The fourth-order valence-electron chi connectivity index (χ4n) is 4.13. The second-order valence-electron chi connectivity index (χ2n) is 7.97. The van der Waals surface area contributed by atoms with Crippen molar-refractivity contribution in [2.75, 3.05) is 30.8 Å². The van der Waals surface area contributed by atoms with Crippen LogP contribution in [0.3, 0.4) is 0 Å². The number of ether oxygens (including phenoxy) is 1. The summed E-state index contributed by atoms with van der Waals surface area (Å²) in [7, 11) is 1.43. The van der Waals surface area contributed by atoms with Crippen LogP contribution in [0.4, 0.5) is 21.5 Å². The van der Waals surface area contributed by atoms with E-state index in [-0.39, 0.29) is 36.8 Å². The van der Waals surface area contributed by atoms with E-state index in [0.29, 0.717) is 23.5 Å². The number of hydrogen-bond donors (Lipinski definition) is 4. The molecule has 2 aromatic heterocycles. The molecule has 5 rings (SSSR count). The number of aromatic nitrogens is 2. The third-order valence-corrected chi connectivity index (χ3v) is 9.12. The summed E-state index contributed by atoms with van der Waals surface area (Å²) in [5.41, 5.74) is 6.42. The van der Waals surface area contributed by atoms with Crippen LogP contribution in [-0.4, -0.2) is 36.1 Å². The summed E-state index contributed by atoms with van der Waals surface area (Å²) in [5, 5.41) is 9.86. The molecule has 3 aromatic rings. The number of pyridine rings is 1. The van der Waals surface area contributed by atoms with Gasteiger partial charge in [-0.1, -0.05) is 0 Å². The number of carbonyl (C=O) groups is 1. The fourth-order valence-corrected chi connectivity index (χ4v) is 6.79. The van der Waals surface area contributed by atoms with Crippen molar-refractivity contribution in [3.8, 4) is 17.0 Å². The number of carbonyl (C=O) groups excluding carboxylic acids is 1. The van der Waals surface area contributed by atoms with E-state index in [1.54, 1.807) is 24.5 Å². The summed E-state index contributed by atoms with van der Waals surface area (Å²) < 4.78 is 22.3. The quantitative estimate of drug-likeness (QED) is 0.289. The minimum absolute atomic E-state index is 0.100. The zero-order valence-electron chi connectivity index (χ0n) is 18.3. The predicted molar refractivity (Wildman–Crippen MR) is 122 cm³/mol. The van der Waals surface area contributed by atoms with Gasteiger partial charge in [-0.25, -0.2) is 0 Å². The standard InChI is InChI=1S/C24H24FIN5O2/c1-13-6-9-28-18-12-27-8-7-14(18)20-22(30-17-5-3-4-15(25)23(17)33-2)19-21(31-20)16(26-10-13)11-29-24(19)32/h3-5,7-8,10,12,16,28,30-31H,6,9,11H2,1-2H3,(H,29,32)/q-1/b13-10-. The second kappa shape index (κ2) is 9.05. The van der Waals surface area contributed by atoms with Gasteiger partial charge in [-0.05, 0) is 0 Å². The van der Waals surface area contributed by atoms with Crippen molar-refractivity contribution in [3.05, 3.63) is 63.4 Å². The van der Waals surface area contributed by atoms with Gasteiger partial charge >= 0.3 is 202 Å². The van der Waals surface area contributed by atoms with Crippen LogP contribution < -0.4 is 41.9 Å². The Balaban J connectivity index is 1.74. The van der Waals surface area contributed by atoms with Gasteiger partial charge in [-0.2, -0.15) is 0 Å². The van der Waals surface area contributed by atoms with Gasteiger partial charge in [0.25, 0.3) is 0 Å². The first-order valence-electron chi connectivity index (χ1n) is 10.7. The zero-order chi connectivity index (χ0) is 22.9. The van der Waals surface area contributed by atoms with E-state index in [9.17, 15) is 9.18 Å². The molecule has 0 radical (unpaired) electrons. The molecule has 33 heavy (non-hydrogen) atoms. The first kappa shape index (κ1) is 21.7. The Kier molecular flexibility index (Phi) is 5.96. The van der Waals surface area contributed by atoms with Gasteiger partial charge in [0.2, 0.25) is 0 Å². The van der Waals surface area contributed by atoms with Crippen LogP contribution in [0.2, 0.25) is 0 Å². The van der Waals surface area contributed by atoms with Crippen molar-refractivity contribution in [1.82, 2.24) is 15.3 Å². The van der Waals surface area contributed by atoms with Crippen molar-refractivity contribution in [2.24, 2.45) is 0 Å². The second-order valence-corrected chi connectivity index (χ2v) is 10.8. The molecule has 0 aliphatic carbocycles. The number of halogens is 2. The van der Waals surface area contributed by atoms with E-state index in [4.69, 9.17) is 4.74 Å². The zero-order valence-corrected chi connectivity index (χ0v) is 20.4. The van der Waals surface area contributed by atoms with E-state index in [1.807, 2.05) is 6.07 Å². The summed E-state index contributed by atoms with van der Waals surface area (Å²) in [6, 6.07) is 6.62. The first-order chi connectivity index (χ1) is 16.1. The molecule has 1 aromatic carbocycles. The van der Waals surface area contributed by atoms with Crippen LogP contribution in [0.15, 0.2) is 46.3 Å². The molecule has 1 amide bonds. The number of methoxy groups -OCH3 is 1. The van der Waals surface area contributed by atoms with Crippen molar-refractivity contribution in [1.29, 1.82) is 0 Å². The van der Waals surface area contributed by atoms with Crippen molar-refractivity contribution < 1.29 is 35.1 Å². The van der Waals surface area contributed by atoms with E-state index in [0.717, 1.165) is 35.6 Å². The molecule has 0 spiro atoms. The summed E-state index contributed by atoms with van der Waals surface area (Å²) in [6.45, 7) is 3.55. The Bertz CT molecular complexity index is 1260. The van der Waals surface area contributed by atoms with E-state index < -0.39 is 5.82 Å². The van der Waals surface area contributed by atoms with Crippen LogP contribution in [0, 0.1) is 5.82 Å². The molecule has 0 saturated heterocycles. The van der Waals surface area contributed by atoms with E-state index in [1.165, 1.54) is 18.7 Å². The van der Waals surface area contributed by atoms with Crippen LogP contribution >= 0.6 is 0 Å². The molecule has 0 saturated carbocycles. The van der Waals surface area contributed by atoms with Crippen molar-refractivity contribution in [2.45, 2.75) is 17.3 Å². The molecule has 2 bridgehead atoms. The number of rotatable bonds is 3. The Labute approximate surface area is 201 Å². The molecule has 4 N–H and O–H groups in total. The van der Waals surface area contributed by atoms with Gasteiger partial charge in [-0.3, -0.25) is 0 Å². The Morgan fingerprint density at radius 3 is 3.00 bits per heavy atom. The molecule has 2 aliphatic rings. The van der Waals surface area contributed by atoms with Gasteiger partial charge < -0.3 is 0 Å². The molecule has 9 heteroatoms. The molecule has 1 atom stereocenters. The third kappa shape index (κ3) is 4.05. The van der Waals surface area contributed by atoms with Gasteiger partial charge in [-0.15, -0.1) is 0 Å². The molecule has 1 unspecified atom stereocenters. The van der Waals surface area contributed by atoms with Crippen LogP contribution in [0.25, 0.3) is 11.3 Å². The minimum atomic E-state index is -0.473. The van der Waals surface area contributed by atoms with Gasteiger partial charge in [0.15, 0.2) is 0 Å². The monoisotopic (exact) mass is 560 g/mol. The Hall–Kier alpha value is -3.08. The maximum absolute atomic E-state index is 14.4. The molecular formula is C24H24FIN5O2-. The molecule has 0 fully saturated rings. The number of fused-ring (bicyclic) bond motifs is 3. The molecular weight excluding hydrogens is 536 g/mol. The normalized spacial score (nSPS) is 19.3. The molecule has 4 heterocycles. The SMILES string of the molecule is COc1c(F)cccc1Nc1c2[nH]c3c1C(=O)NCC3[I-]/C=C(/C)CCNc1cnccc1-2. The first-order valence-corrected chi connectivity index (χ1v) is 13.2. The van der Waals surface area contributed by atoms with Crippen LogP contribution in [-0.2, 0) is 0 Å². The summed E-state index contributed by atoms with van der Waals surface area (Å²) in [5.74, 6) is -0.521.